The Morgan fingerprint density at radius 3 is 3.44 bits per heavy atom. The molecule has 0 bridgehead atoms. The molecule has 2 aliphatic heterocycles. The van der Waals surface area contributed by atoms with Gasteiger partial charge in [0.2, 0.25) is 0 Å². The first-order valence-electron chi connectivity index (χ1n) is 3.62. The van der Waals surface area contributed by atoms with E-state index >= 15 is 0 Å². The molecule has 2 aliphatic rings. The van der Waals surface area contributed by atoms with E-state index in [9.17, 15) is 0 Å². The standard InChI is InChI=1S/C8H11N/c1-2-6-9-7-3-5-8(9)4-1/h2,6,8H,1,3-4,7H2. The molecule has 1 saturated heterocycles. The average molecular weight is 121 g/mol. The third-order valence-electron chi connectivity index (χ3n) is 2.05. The quantitative estimate of drug-likeness (QED) is 0.469. The highest BCUT2D eigenvalue weighted by Gasteiger charge is 2.23. The average Bonchev–Trinajstić information content (AvgIpc) is 2.33. The minimum absolute atomic E-state index is 0.662. The molecule has 0 saturated carbocycles. The van der Waals surface area contributed by atoms with Crippen LogP contribution >= 0.6 is 0 Å². The first kappa shape index (κ1) is 5.33. The summed E-state index contributed by atoms with van der Waals surface area (Å²) in [6, 6.07) is 0.662. The molecule has 2 radical (unpaired) electrons. The molecule has 0 aromatic carbocycles. The molecule has 48 valence electrons. The Morgan fingerprint density at radius 1 is 1.56 bits per heavy atom. The highest BCUT2D eigenvalue weighted by atomic mass is 15.2. The van der Waals surface area contributed by atoms with Gasteiger partial charge in [0.25, 0.3) is 0 Å². The summed E-state index contributed by atoms with van der Waals surface area (Å²) in [6.45, 7) is 1.20. The maximum Gasteiger partial charge on any atom is 0.0356 e. The summed E-state index contributed by atoms with van der Waals surface area (Å²) in [7, 11) is 0. The molecule has 0 N–H and O–H groups in total. The SMILES string of the molecule is [C]1CCN2C=CCCC12. The zero-order chi connectivity index (χ0) is 6.10. The van der Waals surface area contributed by atoms with E-state index in [1.165, 1.54) is 19.4 Å². The maximum absolute atomic E-state index is 3.43. The van der Waals surface area contributed by atoms with Gasteiger partial charge >= 0.3 is 0 Å². The molecule has 1 fully saturated rings. The first-order chi connectivity index (χ1) is 4.47. The smallest absolute Gasteiger partial charge is 0.0356 e. The predicted molar refractivity (Wildman–Crippen MR) is 36.7 cm³/mol. The Morgan fingerprint density at radius 2 is 2.56 bits per heavy atom. The second kappa shape index (κ2) is 2.05. The van der Waals surface area contributed by atoms with E-state index in [-0.39, 0.29) is 0 Å². The highest BCUT2D eigenvalue weighted by molar-refractivity contribution is 5.03. The van der Waals surface area contributed by atoms with Gasteiger partial charge in [0.1, 0.15) is 0 Å². The fourth-order valence-electron chi connectivity index (χ4n) is 1.54. The third-order valence-corrected chi connectivity index (χ3v) is 2.05. The van der Waals surface area contributed by atoms with Crippen LogP contribution in [0, 0.1) is 6.42 Å². The van der Waals surface area contributed by atoms with Crippen molar-refractivity contribution in [3.05, 3.63) is 18.7 Å². The lowest BCUT2D eigenvalue weighted by molar-refractivity contribution is 0.337. The molecule has 0 amide bonds. The summed E-state index contributed by atoms with van der Waals surface area (Å²) in [5, 5.41) is 0. The molecule has 1 nitrogen and oxygen atoms in total. The third kappa shape index (κ3) is 0.846. The van der Waals surface area contributed by atoms with Crippen molar-refractivity contribution >= 4 is 0 Å². The number of rotatable bonds is 0. The summed E-state index contributed by atoms with van der Waals surface area (Å²) in [5.41, 5.74) is 0. The Bertz CT molecular complexity index is 129. The number of hydrogen-bond donors (Lipinski definition) is 0. The van der Waals surface area contributed by atoms with E-state index in [1.54, 1.807) is 0 Å². The Hall–Kier alpha value is -0.460. The summed E-state index contributed by atoms with van der Waals surface area (Å²) < 4.78 is 0. The van der Waals surface area contributed by atoms with Gasteiger partial charge in [-0.25, -0.2) is 0 Å². The lowest BCUT2D eigenvalue weighted by Gasteiger charge is -2.25. The Labute approximate surface area is 56.4 Å². The van der Waals surface area contributed by atoms with E-state index in [0.29, 0.717) is 6.04 Å². The zero-order valence-corrected chi connectivity index (χ0v) is 5.51. The van der Waals surface area contributed by atoms with Crippen molar-refractivity contribution in [3.8, 4) is 0 Å². The van der Waals surface area contributed by atoms with E-state index in [2.05, 4.69) is 23.6 Å². The fourth-order valence-corrected chi connectivity index (χ4v) is 1.54. The van der Waals surface area contributed by atoms with E-state index in [4.69, 9.17) is 0 Å². The van der Waals surface area contributed by atoms with E-state index < -0.39 is 0 Å². The van der Waals surface area contributed by atoms with Crippen molar-refractivity contribution in [1.82, 2.24) is 4.90 Å². The van der Waals surface area contributed by atoms with Crippen molar-refractivity contribution in [1.29, 1.82) is 0 Å². The summed E-state index contributed by atoms with van der Waals surface area (Å²) in [4.78, 5) is 2.38. The lowest BCUT2D eigenvalue weighted by atomic mass is 10.1. The topological polar surface area (TPSA) is 3.24 Å². The summed E-state index contributed by atoms with van der Waals surface area (Å²) >= 11 is 0. The molecule has 0 spiro atoms. The van der Waals surface area contributed by atoms with Crippen LogP contribution in [0.25, 0.3) is 0 Å². The van der Waals surface area contributed by atoms with Crippen LogP contribution in [0.3, 0.4) is 0 Å². The van der Waals surface area contributed by atoms with Gasteiger partial charge in [0.15, 0.2) is 0 Å². The lowest BCUT2D eigenvalue weighted by Crippen LogP contribution is -2.26. The molecule has 0 aliphatic carbocycles. The van der Waals surface area contributed by atoms with Gasteiger partial charge in [-0.05, 0) is 25.5 Å². The minimum atomic E-state index is 0.662. The van der Waals surface area contributed by atoms with Crippen molar-refractivity contribution in [2.75, 3.05) is 6.54 Å². The number of fused-ring (bicyclic) bond motifs is 1. The molecule has 2 rings (SSSR count). The zero-order valence-electron chi connectivity index (χ0n) is 5.51. The molecule has 1 atom stereocenters. The van der Waals surface area contributed by atoms with Crippen LogP contribution in [0.5, 0.6) is 0 Å². The predicted octanol–water partition coefficient (Wildman–Crippen LogP) is 1.45. The normalized spacial score (nSPS) is 32.9. The molecule has 0 aromatic rings. The van der Waals surface area contributed by atoms with Gasteiger partial charge in [-0.1, -0.05) is 6.08 Å². The fraction of sp³-hybridized carbons (Fsp3) is 0.625. The number of allylic oxidation sites excluding steroid dienone is 1. The van der Waals surface area contributed by atoms with Crippen LogP contribution in [-0.4, -0.2) is 17.5 Å². The van der Waals surface area contributed by atoms with Crippen LogP contribution in [0.1, 0.15) is 19.3 Å². The van der Waals surface area contributed by atoms with Crippen LogP contribution in [-0.2, 0) is 0 Å². The number of nitrogens with zero attached hydrogens (tertiary/aromatic N) is 1. The maximum atomic E-state index is 3.43. The molecule has 9 heavy (non-hydrogen) atoms. The van der Waals surface area contributed by atoms with E-state index in [1.807, 2.05) is 0 Å². The molecular weight excluding hydrogens is 110 g/mol. The Balaban J connectivity index is 2.10. The van der Waals surface area contributed by atoms with E-state index in [0.717, 1.165) is 6.42 Å². The van der Waals surface area contributed by atoms with Crippen molar-refractivity contribution in [2.45, 2.75) is 25.3 Å². The highest BCUT2D eigenvalue weighted by Crippen LogP contribution is 2.23. The van der Waals surface area contributed by atoms with Gasteiger partial charge in [0.05, 0.1) is 0 Å². The molecule has 0 aromatic heterocycles. The number of hydrogen-bond acceptors (Lipinski definition) is 1. The monoisotopic (exact) mass is 121 g/mol. The molecular formula is C8H11N. The molecule has 2 heterocycles. The minimum Gasteiger partial charge on any atom is -0.374 e. The summed E-state index contributed by atoms with van der Waals surface area (Å²) in [6.07, 6.45) is 11.6. The van der Waals surface area contributed by atoms with Crippen LogP contribution in [0.2, 0.25) is 0 Å². The van der Waals surface area contributed by atoms with Crippen LogP contribution < -0.4 is 0 Å². The largest absolute Gasteiger partial charge is 0.374 e. The second-order valence-electron chi connectivity index (χ2n) is 2.67. The Kier molecular flexibility index (Phi) is 1.22. The van der Waals surface area contributed by atoms with Crippen molar-refractivity contribution < 1.29 is 0 Å². The van der Waals surface area contributed by atoms with Crippen LogP contribution in [0.4, 0.5) is 0 Å². The second-order valence-corrected chi connectivity index (χ2v) is 2.67. The van der Waals surface area contributed by atoms with Crippen molar-refractivity contribution in [2.24, 2.45) is 0 Å². The van der Waals surface area contributed by atoms with Gasteiger partial charge in [0, 0.05) is 19.0 Å². The van der Waals surface area contributed by atoms with Crippen molar-refractivity contribution in [3.63, 3.8) is 0 Å². The molecule has 1 heteroatoms. The van der Waals surface area contributed by atoms with Gasteiger partial charge in [-0.2, -0.15) is 0 Å². The van der Waals surface area contributed by atoms with Gasteiger partial charge in [-0.3, -0.25) is 0 Å². The first-order valence-corrected chi connectivity index (χ1v) is 3.62. The summed E-state index contributed by atoms with van der Waals surface area (Å²) in [5.74, 6) is 0. The van der Waals surface area contributed by atoms with Crippen LogP contribution in [0.15, 0.2) is 12.3 Å². The van der Waals surface area contributed by atoms with Gasteiger partial charge in [-0.15, -0.1) is 0 Å². The van der Waals surface area contributed by atoms with Gasteiger partial charge < -0.3 is 4.90 Å². The molecule has 1 unspecified atom stereocenters.